The molecule has 26 heavy (non-hydrogen) atoms. The van der Waals surface area contributed by atoms with Crippen LogP contribution in [0.1, 0.15) is 28.1 Å². The van der Waals surface area contributed by atoms with Gasteiger partial charge in [0, 0.05) is 10.6 Å². The van der Waals surface area contributed by atoms with Gasteiger partial charge in [-0.1, -0.05) is 17.7 Å². The van der Waals surface area contributed by atoms with Crippen LogP contribution in [0.15, 0.2) is 35.7 Å². The molecular formula is C18H21Cl2N3O2S. The van der Waals surface area contributed by atoms with Crippen molar-refractivity contribution in [2.75, 3.05) is 18.4 Å². The molecule has 0 spiro atoms. The van der Waals surface area contributed by atoms with Crippen LogP contribution in [-0.4, -0.2) is 24.9 Å². The Labute approximate surface area is 167 Å². The molecule has 0 radical (unpaired) electrons. The minimum Gasteiger partial charge on any atom is -0.347 e. The van der Waals surface area contributed by atoms with Crippen LogP contribution in [0.4, 0.5) is 5.69 Å². The Kier molecular flexibility index (Phi) is 7.90. The van der Waals surface area contributed by atoms with Gasteiger partial charge >= 0.3 is 0 Å². The molecule has 3 N–H and O–H groups in total. The summed E-state index contributed by atoms with van der Waals surface area (Å²) >= 11 is 7.71. The Morgan fingerprint density at radius 1 is 1.23 bits per heavy atom. The molecule has 2 amide bonds. The standard InChI is InChI=1S/C18H20ClN3O2S.ClH/c19-16-6-5-13(22-17(23)11-20-9-12-3-4-12)8-15(16)18(24)21-10-14-2-1-7-25-14;/h1-2,5-8,12,20H,3-4,9-11H2,(H,21,24)(H,22,23);1H. The van der Waals surface area contributed by atoms with E-state index in [2.05, 4.69) is 16.0 Å². The number of hydrogen-bond acceptors (Lipinski definition) is 4. The van der Waals surface area contributed by atoms with Crippen LogP contribution in [0.5, 0.6) is 0 Å². The van der Waals surface area contributed by atoms with E-state index >= 15 is 0 Å². The fraction of sp³-hybridized carbons (Fsp3) is 0.333. The number of nitrogens with one attached hydrogen (secondary N) is 3. The van der Waals surface area contributed by atoms with Crippen LogP contribution in [-0.2, 0) is 11.3 Å². The third-order valence-corrected chi connectivity index (χ3v) is 5.12. The molecule has 1 aliphatic carbocycles. The van der Waals surface area contributed by atoms with E-state index in [1.54, 1.807) is 29.5 Å². The Balaban J connectivity index is 0.00000243. The summed E-state index contributed by atoms with van der Waals surface area (Å²) < 4.78 is 0. The molecule has 0 unspecified atom stereocenters. The van der Waals surface area contributed by atoms with Gasteiger partial charge in [-0.25, -0.2) is 0 Å². The zero-order valence-corrected chi connectivity index (χ0v) is 16.5. The van der Waals surface area contributed by atoms with Gasteiger partial charge < -0.3 is 16.0 Å². The lowest BCUT2D eigenvalue weighted by Crippen LogP contribution is -2.29. The minimum atomic E-state index is -0.263. The summed E-state index contributed by atoms with van der Waals surface area (Å²) in [6.07, 6.45) is 2.49. The average molecular weight is 414 g/mol. The van der Waals surface area contributed by atoms with Crippen molar-refractivity contribution in [2.24, 2.45) is 5.92 Å². The van der Waals surface area contributed by atoms with Crippen LogP contribution >= 0.6 is 35.3 Å². The number of amides is 2. The lowest BCUT2D eigenvalue weighted by atomic mass is 10.2. The van der Waals surface area contributed by atoms with Gasteiger partial charge in [-0.2, -0.15) is 0 Å². The third kappa shape index (κ3) is 6.29. The number of thiophene rings is 1. The number of carbonyl (C=O) groups is 2. The smallest absolute Gasteiger partial charge is 0.253 e. The van der Waals surface area contributed by atoms with E-state index in [4.69, 9.17) is 11.6 Å². The van der Waals surface area contributed by atoms with E-state index in [1.165, 1.54) is 12.8 Å². The number of benzene rings is 1. The van der Waals surface area contributed by atoms with Gasteiger partial charge in [0.05, 0.1) is 23.7 Å². The number of anilines is 1. The molecule has 0 aliphatic heterocycles. The second-order valence-electron chi connectivity index (χ2n) is 6.08. The topological polar surface area (TPSA) is 70.2 Å². The number of carbonyl (C=O) groups excluding carboxylic acids is 2. The van der Waals surface area contributed by atoms with Gasteiger partial charge in [-0.05, 0) is 54.9 Å². The predicted molar refractivity (Wildman–Crippen MR) is 108 cm³/mol. The summed E-state index contributed by atoms with van der Waals surface area (Å²) in [4.78, 5) is 25.4. The summed E-state index contributed by atoms with van der Waals surface area (Å²) in [5, 5.41) is 11.1. The van der Waals surface area contributed by atoms with Crippen LogP contribution in [0.3, 0.4) is 0 Å². The quantitative estimate of drug-likeness (QED) is 0.617. The molecule has 1 saturated carbocycles. The molecule has 3 rings (SSSR count). The summed E-state index contributed by atoms with van der Waals surface area (Å²) in [5.41, 5.74) is 0.908. The maximum atomic E-state index is 12.3. The summed E-state index contributed by atoms with van der Waals surface area (Å²) in [7, 11) is 0. The highest BCUT2D eigenvalue weighted by molar-refractivity contribution is 7.09. The number of hydrogen-bond donors (Lipinski definition) is 3. The van der Waals surface area contributed by atoms with Crippen molar-refractivity contribution in [1.29, 1.82) is 0 Å². The normalized spacial score (nSPS) is 13.0. The maximum Gasteiger partial charge on any atom is 0.253 e. The first-order valence-electron chi connectivity index (χ1n) is 8.22. The van der Waals surface area contributed by atoms with Crippen molar-refractivity contribution in [2.45, 2.75) is 19.4 Å². The van der Waals surface area contributed by atoms with Crippen molar-refractivity contribution in [3.63, 3.8) is 0 Å². The van der Waals surface area contributed by atoms with Crippen LogP contribution in [0, 0.1) is 5.92 Å². The SMILES string of the molecule is Cl.O=C(CNCC1CC1)Nc1ccc(Cl)c(C(=O)NCc2cccs2)c1. The van der Waals surface area contributed by atoms with Gasteiger partial charge in [0.25, 0.3) is 5.91 Å². The van der Waals surface area contributed by atoms with E-state index < -0.39 is 0 Å². The highest BCUT2D eigenvalue weighted by atomic mass is 35.5. The number of halogens is 2. The van der Waals surface area contributed by atoms with Crippen molar-refractivity contribution in [1.82, 2.24) is 10.6 Å². The molecule has 8 heteroatoms. The monoisotopic (exact) mass is 413 g/mol. The van der Waals surface area contributed by atoms with Gasteiger partial charge in [-0.3, -0.25) is 9.59 Å². The summed E-state index contributed by atoms with van der Waals surface area (Å²) in [5.74, 6) is 0.330. The van der Waals surface area contributed by atoms with E-state index in [0.29, 0.717) is 22.8 Å². The van der Waals surface area contributed by atoms with Crippen LogP contribution in [0.2, 0.25) is 5.02 Å². The molecule has 2 aromatic rings. The van der Waals surface area contributed by atoms with E-state index in [0.717, 1.165) is 17.3 Å². The van der Waals surface area contributed by atoms with Crippen molar-refractivity contribution >= 4 is 52.8 Å². The Hall–Kier alpha value is -1.60. The Morgan fingerprint density at radius 2 is 2.04 bits per heavy atom. The minimum absolute atomic E-state index is 0. The molecule has 140 valence electrons. The first kappa shape index (κ1) is 20.7. The molecule has 1 heterocycles. The van der Waals surface area contributed by atoms with Crippen molar-refractivity contribution in [3.05, 3.63) is 51.2 Å². The second-order valence-corrected chi connectivity index (χ2v) is 7.52. The predicted octanol–water partition coefficient (Wildman–Crippen LogP) is 3.69. The highest BCUT2D eigenvalue weighted by Crippen LogP contribution is 2.27. The van der Waals surface area contributed by atoms with Gasteiger partial charge in [0.2, 0.25) is 5.91 Å². The molecule has 1 aliphatic rings. The molecular weight excluding hydrogens is 393 g/mol. The largest absolute Gasteiger partial charge is 0.347 e. The van der Waals surface area contributed by atoms with Gasteiger partial charge in [0.1, 0.15) is 0 Å². The van der Waals surface area contributed by atoms with Crippen LogP contribution < -0.4 is 16.0 Å². The zero-order valence-electron chi connectivity index (χ0n) is 14.1. The van der Waals surface area contributed by atoms with Gasteiger partial charge in [-0.15, -0.1) is 23.7 Å². The lowest BCUT2D eigenvalue weighted by molar-refractivity contribution is -0.115. The average Bonchev–Trinajstić information content (AvgIpc) is 3.27. The van der Waals surface area contributed by atoms with E-state index in [9.17, 15) is 9.59 Å². The first-order valence-corrected chi connectivity index (χ1v) is 9.48. The van der Waals surface area contributed by atoms with E-state index in [-0.39, 0.29) is 30.8 Å². The summed E-state index contributed by atoms with van der Waals surface area (Å²) in [6, 6.07) is 8.81. The molecule has 5 nitrogen and oxygen atoms in total. The third-order valence-electron chi connectivity index (χ3n) is 3.91. The molecule has 0 saturated heterocycles. The molecule has 1 fully saturated rings. The molecule has 0 atom stereocenters. The highest BCUT2D eigenvalue weighted by Gasteiger charge is 2.20. The van der Waals surface area contributed by atoms with Crippen molar-refractivity contribution < 1.29 is 9.59 Å². The Morgan fingerprint density at radius 3 is 2.73 bits per heavy atom. The molecule has 1 aromatic heterocycles. The second kappa shape index (κ2) is 9.92. The summed E-state index contributed by atoms with van der Waals surface area (Å²) in [6.45, 7) is 1.60. The lowest BCUT2D eigenvalue weighted by Gasteiger charge is -2.10. The first-order chi connectivity index (χ1) is 12.1. The molecule has 0 bridgehead atoms. The van der Waals surface area contributed by atoms with Gasteiger partial charge in [0.15, 0.2) is 0 Å². The number of rotatable bonds is 8. The van der Waals surface area contributed by atoms with Crippen LogP contribution in [0.25, 0.3) is 0 Å². The molecule has 1 aromatic carbocycles. The Bertz CT molecular complexity index is 749. The fourth-order valence-electron chi connectivity index (χ4n) is 2.37. The van der Waals surface area contributed by atoms with E-state index in [1.807, 2.05) is 17.5 Å². The fourth-order valence-corrected chi connectivity index (χ4v) is 3.22. The van der Waals surface area contributed by atoms with Crippen molar-refractivity contribution in [3.8, 4) is 0 Å². The zero-order chi connectivity index (χ0) is 17.6. The maximum absolute atomic E-state index is 12.3.